The van der Waals surface area contributed by atoms with E-state index in [2.05, 4.69) is 20.4 Å². The monoisotopic (exact) mass is 336 g/mol. The van der Waals surface area contributed by atoms with E-state index < -0.39 is 0 Å². The Morgan fingerprint density at radius 3 is 3.04 bits per heavy atom. The van der Waals surface area contributed by atoms with E-state index in [9.17, 15) is 9.90 Å². The van der Waals surface area contributed by atoms with Crippen molar-refractivity contribution in [3.05, 3.63) is 34.1 Å². The lowest BCUT2D eigenvalue weighted by molar-refractivity contribution is 0.0748. The summed E-state index contributed by atoms with van der Waals surface area (Å²) in [6.45, 7) is 4.14. The van der Waals surface area contributed by atoms with Crippen LogP contribution < -0.4 is 5.32 Å². The molecule has 1 saturated heterocycles. The number of aliphatic hydroxyl groups excluding tert-OH is 1. The van der Waals surface area contributed by atoms with Crippen molar-refractivity contribution in [3.8, 4) is 0 Å². The molecule has 2 N–H and O–H groups in total. The zero-order chi connectivity index (χ0) is 16.2. The molecule has 1 atom stereocenters. The number of carbonyl (C=O) groups is 1. The first-order valence-electron chi connectivity index (χ1n) is 7.68. The van der Waals surface area contributed by atoms with Gasteiger partial charge in [0.15, 0.2) is 11.5 Å². The molecule has 2 aromatic rings. The predicted octanol–water partition coefficient (Wildman–Crippen LogP) is 1.58. The fraction of sp³-hybridized carbons (Fsp3) is 0.533. The molecular weight excluding hydrogens is 316 g/mol. The molecule has 124 valence electrons. The van der Waals surface area contributed by atoms with Crippen LogP contribution in [0.15, 0.2) is 22.2 Å². The maximum atomic E-state index is 12.2. The van der Waals surface area contributed by atoms with E-state index in [-0.39, 0.29) is 23.7 Å². The Hall–Kier alpha value is -1.77. The van der Waals surface area contributed by atoms with Crippen LogP contribution in [0.5, 0.6) is 0 Å². The Bertz CT molecular complexity index is 635. The molecule has 0 unspecified atom stereocenters. The molecule has 0 aromatic carbocycles. The Labute approximate surface area is 138 Å². The highest BCUT2D eigenvalue weighted by atomic mass is 32.1. The molecule has 2 aromatic heterocycles. The van der Waals surface area contributed by atoms with Crippen LogP contribution in [-0.4, -0.2) is 45.2 Å². The number of aliphatic hydroxyl groups is 1. The van der Waals surface area contributed by atoms with Gasteiger partial charge < -0.3 is 14.9 Å². The van der Waals surface area contributed by atoms with E-state index >= 15 is 0 Å². The summed E-state index contributed by atoms with van der Waals surface area (Å²) in [4.78, 5) is 18.6. The van der Waals surface area contributed by atoms with Gasteiger partial charge in [0.25, 0.3) is 5.91 Å². The van der Waals surface area contributed by atoms with Gasteiger partial charge in [-0.05, 0) is 19.8 Å². The second-order valence-corrected chi connectivity index (χ2v) is 6.68. The van der Waals surface area contributed by atoms with Crippen LogP contribution in [0.25, 0.3) is 0 Å². The van der Waals surface area contributed by atoms with E-state index in [1.54, 1.807) is 12.3 Å². The first-order valence-corrected chi connectivity index (χ1v) is 8.56. The first-order chi connectivity index (χ1) is 11.1. The lowest BCUT2D eigenvalue weighted by atomic mass is 10.1. The summed E-state index contributed by atoms with van der Waals surface area (Å²) >= 11 is 1.50. The molecule has 0 bridgehead atoms. The fourth-order valence-corrected chi connectivity index (χ4v) is 3.22. The van der Waals surface area contributed by atoms with Gasteiger partial charge in [-0.2, -0.15) is 0 Å². The van der Waals surface area contributed by atoms with Crippen LogP contribution in [-0.2, 0) is 6.54 Å². The third-order valence-corrected chi connectivity index (χ3v) is 4.86. The highest BCUT2D eigenvalue weighted by Crippen LogP contribution is 2.17. The highest BCUT2D eigenvalue weighted by Gasteiger charge is 2.20. The number of hydrogen-bond donors (Lipinski definition) is 2. The summed E-state index contributed by atoms with van der Waals surface area (Å²) in [5.74, 6) is 0.394. The lowest BCUT2D eigenvalue weighted by Crippen LogP contribution is -2.35. The second-order valence-electron chi connectivity index (χ2n) is 5.75. The van der Waals surface area contributed by atoms with E-state index in [1.807, 2.05) is 12.3 Å². The molecule has 3 heterocycles. The normalized spacial score (nSPS) is 18.0. The molecule has 0 radical (unpaired) electrons. The number of nitrogens with one attached hydrogen (secondary N) is 1. The molecule has 8 heteroatoms. The van der Waals surface area contributed by atoms with Crippen LogP contribution in [0.3, 0.4) is 0 Å². The van der Waals surface area contributed by atoms with Crippen LogP contribution in [0.4, 0.5) is 0 Å². The van der Waals surface area contributed by atoms with Gasteiger partial charge in [-0.15, -0.1) is 11.3 Å². The van der Waals surface area contributed by atoms with Crippen molar-refractivity contribution in [1.82, 2.24) is 20.4 Å². The Morgan fingerprint density at radius 2 is 2.35 bits per heavy atom. The predicted molar refractivity (Wildman–Crippen MR) is 85.0 cm³/mol. The van der Waals surface area contributed by atoms with Crippen molar-refractivity contribution in [2.75, 3.05) is 13.1 Å². The molecule has 7 nitrogen and oxygen atoms in total. The first kappa shape index (κ1) is 16.1. The number of thiazole rings is 1. The van der Waals surface area contributed by atoms with Crippen molar-refractivity contribution in [2.24, 2.45) is 0 Å². The zero-order valence-corrected chi connectivity index (χ0v) is 13.8. The average molecular weight is 336 g/mol. The quantitative estimate of drug-likeness (QED) is 0.861. The molecule has 23 heavy (non-hydrogen) atoms. The Balaban J connectivity index is 1.55. The standard InChI is InChI=1S/C15H20N4O3S/c1-10(15-16-4-7-23-15)17-14(21)13-8-12(22-18-13)9-19-5-2-11(20)3-6-19/h4,7-8,10-11,20H,2-3,5-6,9H2,1H3,(H,17,21)/t10-/m0/s1. The number of likely N-dealkylation sites (tertiary alicyclic amines) is 1. The largest absolute Gasteiger partial charge is 0.393 e. The topological polar surface area (TPSA) is 91.5 Å². The van der Waals surface area contributed by atoms with Crippen molar-refractivity contribution < 1.29 is 14.4 Å². The molecule has 1 aliphatic rings. The van der Waals surface area contributed by atoms with Crippen molar-refractivity contribution >= 4 is 17.2 Å². The van der Waals surface area contributed by atoms with Crippen LogP contribution >= 0.6 is 11.3 Å². The minimum Gasteiger partial charge on any atom is -0.393 e. The number of aromatic nitrogens is 2. The van der Waals surface area contributed by atoms with Gasteiger partial charge in [0.1, 0.15) is 5.01 Å². The number of hydrogen-bond acceptors (Lipinski definition) is 7. The van der Waals surface area contributed by atoms with Crippen molar-refractivity contribution in [3.63, 3.8) is 0 Å². The van der Waals surface area contributed by atoms with Crippen molar-refractivity contribution in [1.29, 1.82) is 0 Å². The molecular formula is C15H20N4O3S. The number of rotatable bonds is 5. The molecule has 1 fully saturated rings. The van der Waals surface area contributed by atoms with Gasteiger partial charge in [0.05, 0.1) is 18.7 Å². The third kappa shape index (κ3) is 4.15. The van der Waals surface area contributed by atoms with Crippen LogP contribution in [0, 0.1) is 0 Å². The summed E-state index contributed by atoms with van der Waals surface area (Å²) in [7, 11) is 0. The van der Waals surface area contributed by atoms with Crippen molar-refractivity contribution in [2.45, 2.75) is 38.5 Å². The van der Waals surface area contributed by atoms with Crippen LogP contribution in [0.1, 0.15) is 47.1 Å². The van der Waals surface area contributed by atoms with E-state index in [4.69, 9.17) is 4.52 Å². The molecule has 0 saturated carbocycles. The van der Waals surface area contributed by atoms with Gasteiger partial charge in [-0.3, -0.25) is 9.69 Å². The molecule has 1 aliphatic heterocycles. The van der Waals surface area contributed by atoms with Gasteiger partial charge in [-0.25, -0.2) is 4.98 Å². The maximum absolute atomic E-state index is 12.2. The number of nitrogens with zero attached hydrogens (tertiary/aromatic N) is 3. The molecule has 1 amide bonds. The number of piperidine rings is 1. The highest BCUT2D eigenvalue weighted by molar-refractivity contribution is 7.09. The summed E-state index contributed by atoms with van der Waals surface area (Å²) in [6.07, 6.45) is 3.06. The molecule has 3 rings (SSSR count). The number of carbonyl (C=O) groups excluding carboxylic acids is 1. The molecule has 0 spiro atoms. The average Bonchev–Trinajstić information content (AvgIpc) is 3.21. The van der Waals surface area contributed by atoms with E-state index in [0.717, 1.165) is 30.9 Å². The third-order valence-electron chi connectivity index (χ3n) is 3.90. The van der Waals surface area contributed by atoms with Gasteiger partial charge in [0, 0.05) is 30.7 Å². The fourth-order valence-electron chi connectivity index (χ4n) is 2.57. The minimum atomic E-state index is -0.267. The minimum absolute atomic E-state index is 0.161. The Morgan fingerprint density at radius 1 is 1.57 bits per heavy atom. The van der Waals surface area contributed by atoms with Crippen LogP contribution in [0.2, 0.25) is 0 Å². The second kappa shape index (κ2) is 7.20. The zero-order valence-electron chi connectivity index (χ0n) is 12.9. The SMILES string of the molecule is C[C@H](NC(=O)c1cc(CN2CCC(O)CC2)on1)c1nccs1. The van der Waals surface area contributed by atoms with Gasteiger partial charge in [0.2, 0.25) is 0 Å². The summed E-state index contributed by atoms with van der Waals surface area (Å²) in [5.41, 5.74) is 0.278. The smallest absolute Gasteiger partial charge is 0.274 e. The summed E-state index contributed by atoms with van der Waals surface area (Å²) in [6, 6.07) is 1.51. The van der Waals surface area contributed by atoms with Gasteiger partial charge >= 0.3 is 0 Å². The van der Waals surface area contributed by atoms with Gasteiger partial charge in [-0.1, -0.05) is 5.16 Å². The number of amides is 1. The molecule has 0 aliphatic carbocycles. The van der Waals surface area contributed by atoms with E-state index in [1.165, 1.54) is 11.3 Å². The summed E-state index contributed by atoms with van der Waals surface area (Å²) in [5, 5.41) is 19.0. The van der Waals surface area contributed by atoms with E-state index in [0.29, 0.717) is 12.3 Å². The Kier molecular flexibility index (Phi) is 5.04. The summed E-state index contributed by atoms with van der Waals surface area (Å²) < 4.78 is 5.26. The lowest BCUT2D eigenvalue weighted by Gasteiger charge is -2.28. The maximum Gasteiger partial charge on any atom is 0.274 e.